The third kappa shape index (κ3) is 11.1. The van der Waals surface area contributed by atoms with Crippen LogP contribution in [-0.4, -0.2) is 59.8 Å². The summed E-state index contributed by atoms with van der Waals surface area (Å²) in [4.78, 5) is 11.7. The second-order valence-corrected chi connectivity index (χ2v) is 13.0. The monoisotopic (exact) mass is 757 g/mol. The number of fused-ring (bicyclic) bond motifs is 1. The van der Waals surface area contributed by atoms with Gasteiger partial charge in [-0.15, -0.1) is 10.2 Å². The van der Waals surface area contributed by atoms with Gasteiger partial charge in [0.2, 0.25) is 16.5 Å². The maximum Gasteiger partial charge on any atom is 1.00 e. The molecule has 25 heteroatoms. The molecule has 1 heterocycles. The Hall–Kier alpha value is -0.890. The van der Waals surface area contributed by atoms with Gasteiger partial charge in [-0.2, -0.15) is 23.4 Å². The summed E-state index contributed by atoms with van der Waals surface area (Å²) in [5.41, 5.74) is -0.716. The number of aliphatic imine (C=N–C) groups is 1. The van der Waals surface area contributed by atoms with E-state index < -0.39 is 67.4 Å². The van der Waals surface area contributed by atoms with Crippen LogP contribution in [0.15, 0.2) is 72.4 Å². The van der Waals surface area contributed by atoms with Crippen LogP contribution >= 0.6 is 23.2 Å². The molecule has 4 aromatic rings. The number of nitrogens with zero attached hydrogens (tertiary/aromatic N) is 6. The van der Waals surface area contributed by atoms with Crippen LogP contribution in [0.3, 0.4) is 0 Å². The second kappa shape index (κ2) is 16.7. The molecule has 0 atom stereocenters. The molecule has 4 rings (SSSR count). The summed E-state index contributed by atoms with van der Waals surface area (Å²) in [6.07, 6.45) is 0. The van der Waals surface area contributed by atoms with Gasteiger partial charge in [-0.25, -0.2) is 16.8 Å². The number of anilines is 2. The fourth-order valence-electron chi connectivity index (χ4n) is 3.52. The molecule has 0 aliphatic heterocycles. The number of halogens is 2. The van der Waals surface area contributed by atoms with Gasteiger partial charge in [0.15, 0.2) is 0 Å². The van der Waals surface area contributed by atoms with Gasteiger partial charge in [0.1, 0.15) is 36.5 Å². The van der Waals surface area contributed by atoms with Crippen LogP contribution in [0.1, 0.15) is 6.92 Å². The van der Waals surface area contributed by atoms with Crippen LogP contribution in [0.5, 0.6) is 0 Å². The van der Waals surface area contributed by atoms with E-state index in [1.54, 1.807) is 0 Å². The van der Waals surface area contributed by atoms with Crippen molar-refractivity contribution in [2.24, 2.45) is 15.2 Å². The normalized spacial score (nSPS) is 12.3. The van der Waals surface area contributed by atoms with Crippen LogP contribution in [0.4, 0.5) is 28.7 Å². The Labute approximate surface area is 337 Å². The third-order valence-electron chi connectivity index (χ3n) is 5.16. The summed E-state index contributed by atoms with van der Waals surface area (Å²) in [6, 6.07) is 6.19. The van der Waals surface area contributed by atoms with E-state index in [1.165, 1.54) is 18.2 Å². The number of hydrogen-bond donors (Lipinski definition) is 2. The minimum Gasteiger partial charge on any atom is -0.862 e. The molecule has 17 nitrogen and oxygen atoms in total. The zero-order chi connectivity index (χ0) is 31.9. The molecule has 46 heavy (non-hydrogen) atoms. The molecule has 0 aliphatic rings. The van der Waals surface area contributed by atoms with Crippen molar-refractivity contribution >= 4 is 98.9 Å². The molecule has 0 bridgehead atoms. The minimum atomic E-state index is -5.43. The first kappa shape index (κ1) is 43.1. The second-order valence-electron chi connectivity index (χ2n) is 8.20. The van der Waals surface area contributed by atoms with E-state index in [-0.39, 0.29) is 122 Å². The number of hydrogen-bond acceptors (Lipinski definition) is 16. The zero-order valence-corrected chi connectivity index (χ0v) is 33.8. The Kier molecular flexibility index (Phi) is 15.6. The van der Waals surface area contributed by atoms with Crippen molar-refractivity contribution in [1.82, 2.24) is 15.0 Å². The first-order valence-corrected chi connectivity index (χ1v) is 16.0. The van der Waals surface area contributed by atoms with Crippen LogP contribution < -0.4 is 99.1 Å². The molecule has 0 saturated carbocycles. The molecule has 0 fully saturated rings. The van der Waals surface area contributed by atoms with Gasteiger partial charge in [-0.1, -0.05) is 0 Å². The van der Waals surface area contributed by atoms with Crippen LogP contribution in [0, 0.1) is 0 Å². The van der Waals surface area contributed by atoms with E-state index >= 15 is 0 Å². The summed E-state index contributed by atoms with van der Waals surface area (Å²) >= 11 is 11.5. The van der Waals surface area contributed by atoms with Crippen molar-refractivity contribution in [1.29, 1.82) is 0 Å². The minimum absolute atomic E-state index is 0. The standard InChI is InChI=1S/C21H15Cl2N7O10S3.3Na/c1-9(31)24-15-6-11(25-21-27-19(22)26-20(23)28-21)2-3-14(15)29-30-16-8-13-10(5-18(16)43(38,39)40)4-12(41(32,33)34)7-17(13)42(35,36)37;;;/h2-8H,1H3,(H,24,31)(H,32,33,34)(H,35,36,37)(H,38,39,40)(H,25,26,27,28);;;/q;3*+1/p-3. The van der Waals surface area contributed by atoms with Gasteiger partial charge in [-0.3, -0.25) is 9.55 Å². The largest absolute Gasteiger partial charge is 1.00 e. The number of benzene rings is 3. The molecule has 3 aromatic carbocycles. The van der Waals surface area contributed by atoms with Gasteiger partial charge in [0.25, 0.3) is 10.1 Å². The Morgan fingerprint density at radius 3 is 1.89 bits per heavy atom. The molecule has 0 spiro atoms. The SMILES string of the molecule is CC([O-])=Nc1cc(Nc2nc(Cl)nc(Cl)n2)ccc1N=Nc1cc2c(S(=O)(=O)[O-])cc(S(=O)(=O)[O-])cc2cc1S(=O)(=O)O.[Na+].[Na+].[Na+]. The predicted octanol–water partition coefficient (Wildman–Crippen LogP) is -6.03. The Morgan fingerprint density at radius 1 is 0.783 bits per heavy atom. The van der Waals surface area contributed by atoms with Crippen LogP contribution in [0.2, 0.25) is 10.6 Å². The number of nitrogens with one attached hydrogen (secondary N) is 1. The number of azo groups is 1. The van der Waals surface area contributed by atoms with E-state index in [9.17, 15) is 44.0 Å². The molecule has 0 saturated heterocycles. The number of aromatic nitrogens is 3. The molecule has 0 aliphatic carbocycles. The van der Waals surface area contributed by atoms with E-state index in [0.29, 0.717) is 18.2 Å². The van der Waals surface area contributed by atoms with Gasteiger partial charge in [0, 0.05) is 11.1 Å². The van der Waals surface area contributed by atoms with Crippen molar-refractivity contribution in [3.05, 3.63) is 53.0 Å². The summed E-state index contributed by atoms with van der Waals surface area (Å²) in [5.74, 6) is -0.752. The summed E-state index contributed by atoms with van der Waals surface area (Å²) < 4.78 is 104. The quantitative estimate of drug-likeness (QED) is 0.0557. The molecule has 1 aromatic heterocycles. The van der Waals surface area contributed by atoms with Crippen molar-refractivity contribution < 1.29 is 133 Å². The third-order valence-corrected chi connectivity index (χ3v) is 8.07. The average molecular weight is 758 g/mol. The molecule has 0 radical (unpaired) electrons. The van der Waals surface area contributed by atoms with E-state index in [4.69, 9.17) is 23.2 Å². The summed E-state index contributed by atoms with van der Waals surface area (Å²) in [6.45, 7) is 1.12. The smallest absolute Gasteiger partial charge is 0.862 e. The van der Waals surface area contributed by atoms with E-state index in [0.717, 1.165) is 13.0 Å². The first-order valence-electron chi connectivity index (χ1n) is 10.9. The van der Waals surface area contributed by atoms with Gasteiger partial charge >= 0.3 is 88.7 Å². The summed E-state index contributed by atoms with van der Waals surface area (Å²) in [7, 11) is -15.9. The summed E-state index contributed by atoms with van der Waals surface area (Å²) in [5, 5.41) is 20.6. The fourth-order valence-corrected chi connectivity index (χ4v) is 5.85. The van der Waals surface area contributed by atoms with Crippen LogP contribution in [-0.2, 0) is 30.4 Å². The molecular weight excluding hydrogens is 746 g/mol. The van der Waals surface area contributed by atoms with Gasteiger partial charge < -0.3 is 19.5 Å². The van der Waals surface area contributed by atoms with Gasteiger partial charge in [-0.05, 0) is 83.9 Å². The topological polar surface area (TPSA) is 280 Å². The van der Waals surface area contributed by atoms with Crippen molar-refractivity contribution in [2.75, 3.05) is 5.32 Å². The molecular formula is C21H12Cl2N7Na3O10S3. The Bertz CT molecular complexity index is 2190. The average Bonchev–Trinajstić information content (AvgIpc) is 2.84. The van der Waals surface area contributed by atoms with Crippen molar-refractivity contribution in [3.63, 3.8) is 0 Å². The maximum absolute atomic E-state index is 12.1. The molecule has 0 amide bonds. The van der Waals surface area contributed by atoms with E-state index in [1.807, 2.05) is 0 Å². The van der Waals surface area contributed by atoms with Crippen molar-refractivity contribution in [3.8, 4) is 0 Å². The van der Waals surface area contributed by atoms with Crippen LogP contribution in [0.25, 0.3) is 10.8 Å². The first-order chi connectivity index (χ1) is 19.8. The maximum atomic E-state index is 12.1. The predicted molar refractivity (Wildman–Crippen MR) is 146 cm³/mol. The van der Waals surface area contributed by atoms with E-state index in [2.05, 4.69) is 35.5 Å². The Balaban J connectivity index is 0.00000353. The Morgan fingerprint density at radius 2 is 1.37 bits per heavy atom. The van der Waals surface area contributed by atoms with Gasteiger partial charge in [0.05, 0.1) is 15.5 Å². The molecule has 0 unspecified atom stereocenters. The zero-order valence-electron chi connectivity index (χ0n) is 23.8. The fraction of sp³-hybridized carbons (Fsp3) is 0.0476. The van der Waals surface area contributed by atoms with Crippen molar-refractivity contribution in [2.45, 2.75) is 21.6 Å². The number of rotatable bonds is 8. The molecule has 226 valence electrons. The molecule has 2 N–H and O–H groups in total.